The van der Waals surface area contributed by atoms with E-state index in [0.717, 1.165) is 5.56 Å². The molecule has 0 bridgehead atoms. The largest absolute Gasteiger partial charge is 0.464 e. The van der Waals surface area contributed by atoms with Crippen molar-refractivity contribution in [3.05, 3.63) is 103 Å². The fourth-order valence-electron chi connectivity index (χ4n) is 2.17. The van der Waals surface area contributed by atoms with E-state index < -0.39 is 8.15 Å². The van der Waals surface area contributed by atoms with E-state index in [1.807, 2.05) is 66.7 Å². The van der Waals surface area contributed by atoms with Crippen LogP contribution in [0.1, 0.15) is 5.56 Å². The molecule has 3 rings (SSSR count). The van der Waals surface area contributed by atoms with Gasteiger partial charge in [-0.25, -0.2) is 0 Å². The Kier molecular flexibility index (Phi) is 4.68. The summed E-state index contributed by atoms with van der Waals surface area (Å²) in [6.45, 7) is 4.11. The van der Waals surface area contributed by atoms with E-state index in [-0.39, 0.29) is 0 Å². The summed E-state index contributed by atoms with van der Waals surface area (Å²) in [4.78, 5) is 0. The molecule has 0 N–H and O–H groups in total. The lowest BCUT2D eigenvalue weighted by molar-refractivity contribution is 0.588. The van der Waals surface area contributed by atoms with Crippen molar-refractivity contribution in [1.29, 1.82) is 0 Å². The van der Waals surface area contributed by atoms with Crippen LogP contribution >= 0.6 is 8.15 Å². The van der Waals surface area contributed by atoms with Crippen LogP contribution in [0.4, 0.5) is 0 Å². The Morgan fingerprint density at radius 1 is 0.636 bits per heavy atom. The predicted octanol–water partition coefficient (Wildman–Crippen LogP) is 4.72. The fourth-order valence-corrected chi connectivity index (χ4v) is 3.89. The molecule has 0 aliphatic rings. The molecule has 2 heteroatoms. The Morgan fingerprint density at radius 2 is 1.05 bits per heavy atom. The second kappa shape index (κ2) is 7.06. The molecule has 3 aromatic rings. The van der Waals surface area contributed by atoms with Crippen LogP contribution in [0.5, 0.6) is 0 Å². The van der Waals surface area contributed by atoms with Gasteiger partial charge in [-0.3, -0.25) is 0 Å². The zero-order chi connectivity index (χ0) is 15.2. The first-order valence-corrected chi connectivity index (χ1v) is 8.43. The standard InChI is InChI=1S/C20H17OP/c1-17(18-11-5-2-6-12-18)21-22(19-13-7-3-8-14-19)20-15-9-4-10-16-20/h2-16H,1H2. The molecule has 1 nitrogen and oxygen atoms in total. The Labute approximate surface area is 132 Å². The Balaban J connectivity index is 1.91. The third-order valence-corrected chi connectivity index (χ3v) is 5.22. The van der Waals surface area contributed by atoms with Gasteiger partial charge in [0.1, 0.15) is 5.76 Å². The molecule has 3 aromatic carbocycles. The summed E-state index contributed by atoms with van der Waals surface area (Å²) < 4.78 is 6.28. The van der Waals surface area contributed by atoms with Gasteiger partial charge in [0, 0.05) is 16.2 Å². The van der Waals surface area contributed by atoms with E-state index in [1.54, 1.807) is 0 Å². The Bertz CT molecular complexity index is 684. The molecule has 0 atom stereocenters. The number of hydrogen-bond acceptors (Lipinski definition) is 1. The maximum Gasteiger partial charge on any atom is 0.150 e. The molecule has 0 aliphatic heterocycles. The number of benzene rings is 3. The third-order valence-electron chi connectivity index (χ3n) is 3.28. The van der Waals surface area contributed by atoms with Crippen LogP contribution in [0.25, 0.3) is 5.76 Å². The highest BCUT2D eigenvalue weighted by atomic mass is 31.1. The first-order chi connectivity index (χ1) is 10.8. The molecule has 0 saturated heterocycles. The highest BCUT2D eigenvalue weighted by Gasteiger charge is 2.17. The SMILES string of the molecule is C=C(OP(c1ccccc1)c1ccccc1)c1ccccc1. The van der Waals surface area contributed by atoms with Gasteiger partial charge in [-0.1, -0.05) is 97.6 Å². The molecule has 22 heavy (non-hydrogen) atoms. The van der Waals surface area contributed by atoms with Gasteiger partial charge in [0.15, 0.2) is 8.15 Å². The van der Waals surface area contributed by atoms with Crippen LogP contribution < -0.4 is 10.6 Å². The van der Waals surface area contributed by atoms with Gasteiger partial charge in [-0.2, -0.15) is 0 Å². The van der Waals surface area contributed by atoms with Crippen LogP contribution in [-0.4, -0.2) is 0 Å². The molecule has 0 unspecified atom stereocenters. The zero-order valence-corrected chi connectivity index (χ0v) is 13.1. The minimum atomic E-state index is -0.913. The van der Waals surface area contributed by atoms with Crippen molar-refractivity contribution in [3.63, 3.8) is 0 Å². The third kappa shape index (κ3) is 3.44. The summed E-state index contributed by atoms with van der Waals surface area (Å²) in [5.74, 6) is 0.708. The first kappa shape index (κ1) is 14.6. The van der Waals surface area contributed by atoms with Gasteiger partial charge >= 0.3 is 0 Å². The number of hydrogen-bond donors (Lipinski definition) is 0. The molecule has 0 aliphatic carbocycles. The lowest BCUT2D eigenvalue weighted by Gasteiger charge is -2.20. The normalized spacial score (nSPS) is 10.4. The molecule has 0 spiro atoms. The van der Waals surface area contributed by atoms with Crippen molar-refractivity contribution >= 4 is 24.5 Å². The van der Waals surface area contributed by atoms with Gasteiger partial charge in [0.2, 0.25) is 0 Å². The Hall–Kier alpha value is -2.37. The summed E-state index contributed by atoms with van der Waals surface area (Å²) >= 11 is 0. The molecular weight excluding hydrogens is 287 g/mol. The van der Waals surface area contributed by atoms with Crippen molar-refractivity contribution < 1.29 is 4.52 Å². The Morgan fingerprint density at radius 3 is 1.50 bits per heavy atom. The van der Waals surface area contributed by atoms with E-state index in [1.165, 1.54) is 10.6 Å². The molecule has 108 valence electrons. The number of rotatable bonds is 5. The van der Waals surface area contributed by atoms with Crippen molar-refractivity contribution in [3.8, 4) is 0 Å². The second-order valence-electron chi connectivity index (χ2n) is 4.85. The smallest absolute Gasteiger partial charge is 0.150 e. The van der Waals surface area contributed by atoms with Crippen molar-refractivity contribution in [2.75, 3.05) is 0 Å². The summed E-state index contributed by atoms with van der Waals surface area (Å²) in [6.07, 6.45) is 0. The van der Waals surface area contributed by atoms with Gasteiger partial charge < -0.3 is 4.52 Å². The first-order valence-electron chi connectivity index (χ1n) is 7.17. The summed E-state index contributed by atoms with van der Waals surface area (Å²) in [6, 6.07) is 30.7. The van der Waals surface area contributed by atoms with Crippen LogP contribution in [0.3, 0.4) is 0 Å². The van der Waals surface area contributed by atoms with E-state index in [0.29, 0.717) is 5.76 Å². The molecule has 0 saturated carbocycles. The lowest BCUT2D eigenvalue weighted by atomic mass is 10.2. The maximum absolute atomic E-state index is 6.28. The van der Waals surface area contributed by atoms with Crippen LogP contribution in [-0.2, 0) is 4.52 Å². The average molecular weight is 304 g/mol. The maximum atomic E-state index is 6.28. The molecule has 0 aromatic heterocycles. The second-order valence-corrected chi connectivity index (χ2v) is 6.65. The molecular formula is C20H17OP. The van der Waals surface area contributed by atoms with E-state index in [4.69, 9.17) is 4.52 Å². The van der Waals surface area contributed by atoms with E-state index in [2.05, 4.69) is 30.8 Å². The van der Waals surface area contributed by atoms with Gasteiger partial charge in [-0.15, -0.1) is 0 Å². The van der Waals surface area contributed by atoms with Crippen molar-refractivity contribution in [2.45, 2.75) is 0 Å². The lowest BCUT2D eigenvalue weighted by Crippen LogP contribution is -2.13. The van der Waals surface area contributed by atoms with Crippen molar-refractivity contribution in [1.82, 2.24) is 0 Å². The topological polar surface area (TPSA) is 9.23 Å². The molecule has 0 fully saturated rings. The minimum Gasteiger partial charge on any atom is -0.464 e. The summed E-state index contributed by atoms with van der Waals surface area (Å²) in [5, 5.41) is 2.36. The summed E-state index contributed by atoms with van der Waals surface area (Å²) in [5.41, 5.74) is 1.02. The highest BCUT2D eigenvalue weighted by molar-refractivity contribution is 7.68. The van der Waals surface area contributed by atoms with Gasteiger partial charge in [-0.05, 0) is 0 Å². The van der Waals surface area contributed by atoms with E-state index >= 15 is 0 Å². The summed E-state index contributed by atoms with van der Waals surface area (Å²) in [7, 11) is -0.913. The monoisotopic (exact) mass is 304 g/mol. The molecule has 0 heterocycles. The van der Waals surface area contributed by atoms with Gasteiger partial charge in [0.25, 0.3) is 0 Å². The highest BCUT2D eigenvalue weighted by Crippen LogP contribution is 2.39. The fraction of sp³-hybridized carbons (Fsp3) is 0. The minimum absolute atomic E-state index is 0.708. The van der Waals surface area contributed by atoms with E-state index in [9.17, 15) is 0 Å². The van der Waals surface area contributed by atoms with Gasteiger partial charge in [0.05, 0.1) is 0 Å². The quantitative estimate of drug-likeness (QED) is 0.489. The van der Waals surface area contributed by atoms with Crippen molar-refractivity contribution in [2.24, 2.45) is 0 Å². The van der Waals surface area contributed by atoms with Crippen LogP contribution in [0.2, 0.25) is 0 Å². The zero-order valence-electron chi connectivity index (χ0n) is 12.2. The predicted molar refractivity (Wildman–Crippen MR) is 95.6 cm³/mol. The van der Waals surface area contributed by atoms with Crippen LogP contribution in [0.15, 0.2) is 97.6 Å². The molecule has 0 amide bonds. The molecule has 0 radical (unpaired) electrons. The average Bonchev–Trinajstić information content (AvgIpc) is 2.62. The van der Waals surface area contributed by atoms with Crippen LogP contribution in [0, 0.1) is 0 Å².